The predicted molar refractivity (Wildman–Crippen MR) is 107 cm³/mol. The minimum Gasteiger partial charge on any atom is -0.442 e. The average Bonchev–Trinajstić information content (AvgIpc) is 3.25. The molecule has 28 heavy (non-hydrogen) atoms. The summed E-state index contributed by atoms with van der Waals surface area (Å²) >= 11 is 1.41. The monoisotopic (exact) mass is 398 g/mol. The van der Waals surface area contributed by atoms with Crippen LogP contribution in [0.25, 0.3) is 21.3 Å². The lowest BCUT2D eigenvalue weighted by molar-refractivity contribution is 0.0975. The summed E-state index contributed by atoms with van der Waals surface area (Å²) in [4.78, 5) is 36.4. The number of amides is 1. The number of thiazole rings is 1. The summed E-state index contributed by atoms with van der Waals surface area (Å²) in [6, 6.07) is 7.67. The van der Waals surface area contributed by atoms with E-state index in [4.69, 9.17) is 9.15 Å². The van der Waals surface area contributed by atoms with Gasteiger partial charge in [-0.1, -0.05) is 23.5 Å². The third kappa shape index (κ3) is 2.98. The topological polar surface area (TPSA) is 90.5 Å². The van der Waals surface area contributed by atoms with Gasteiger partial charge in [0, 0.05) is 14.2 Å². The largest absolute Gasteiger partial charge is 0.442 e. The van der Waals surface area contributed by atoms with E-state index in [9.17, 15) is 9.59 Å². The van der Waals surface area contributed by atoms with Gasteiger partial charge in [-0.2, -0.15) is 0 Å². The molecular weight excluding hydrogens is 380 g/mol. The van der Waals surface area contributed by atoms with E-state index in [0.717, 1.165) is 10.2 Å². The molecule has 1 amide bonds. The number of aryl methyl sites for hydroxylation is 2. The van der Waals surface area contributed by atoms with Gasteiger partial charge >= 0.3 is 0 Å². The third-order valence-electron chi connectivity index (χ3n) is 4.44. The number of anilines is 1. The fourth-order valence-corrected chi connectivity index (χ4v) is 4.01. The first-order valence-corrected chi connectivity index (χ1v) is 9.44. The second kappa shape index (κ2) is 7.17. The van der Waals surface area contributed by atoms with Crippen LogP contribution in [0.15, 0.2) is 39.8 Å². The van der Waals surface area contributed by atoms with Gasteiger partial charge in [-0.25, -0.2) is 9.97 Å². The Hall–Kier alpha value is -3.04. The second-order valence-electron chi connectivity index (χ2n) is 6.29. The van der Waals surface area contributed by atoms with E-state index in [1.165, 1.54) is 27.1 Å². The van der Waals surface area contributed by atoms with Gasteiger partial charge in [0.1, 0.15) is 17.5 Å². The van der Waals surface area contributed by atoms with Crippen molar-refractivity contribution in [1.29, 1.82) is 0 Å². The Kier molecular flexibility index (Phi) is 4.70. The first kappa shape index (κ1) is 18.3. The molecule has 0 aliphatic carbocycles. The first-order valence-electron chi connectivity index (χ1n) is 8.62. The number of hydrogen-bond donors (Lipinski definition) is 0. The van der Waals surface area contributed by atoms with Crippen LogP contribution in [0.2, 0.25) is 0 Å². The van der Waals surface area contributed by atoms with Crippen molar-refractivity contribution in [3.05, 3.63) is 52.3 Å². The summed E-state index contributed by atoms with van der Waals surface area (Å²) in [5, 5.41) is 0.716. The number of carbonyl (C=O) groups is 1. The third-order valence-corrected chi connectivity index (χ3v) is 5.50. The number of rotatable bonds is 5. The smallest absolute Gasteiger partial charge is 0.265 e. The van der Waals surface area contributed by atoms with Crippen molar-refractivity contribution in [3.8, 4) is 0 Å². The molecule has 8 nitrogen and oxygen atoms in total. The number of carbonyl (C=O) groups excluding carboxylic acids is 1. The fraction of sp³-hybridized carbons (Fsp3) is 0.263. The van der Waals surface area contributed by atoms with Crippen LogP contribution < -0.4 is 10.5 Å². The van der Waals surface area contributed by atoms with Gasteiger partial charge in [0.2, 0.25) is 5.71 Å². The van der Waals surface area contributed by atoms with Crippen molar-refractivity contribution in [3.63, 3.8) is 0 Å². The van der Waals surface area contributed by atoms with E-state index in [1.807, 2.05) is 24.3 Å². The maximum absolute atomic E-state index is 13.5. The molecule has 3 aromatic heterocycles. The Labute approximate surface area is 164 Å². The molecule has 0 spiro atoms. The minimum atomic E-state index is -0.363. The van der Waals surface area contributed by atoms with Gasteiger partial charge < -0.3 is 13.7 Å². The number of para-hydroxylation sites is 1. The predicted octanol–water partition coefficient (Wildman–Crippen LogP) is 2.74. The average molecular weight is 398 g/mol. The number of furan rings is 1. The standard InChI is InChI=1S/C19H18N4O4S/c1-11-14(15-16(27-11)20-10-22(2)17(15)24)18(25)23(8-9-26-3)19-21-12-6-4-5-7-13(12)28-19/h4-7,10H,8-9H2,1-3H3. The van der Waals surface area contributed by atoms with E-state index >= 15 is 0 Å². The van der Waals surface area contributed by atoms with Gasteiger partial charge in [-0.3, -0.25) is 14.5 Å². The molecule has 3 heterocycles. The zero-order valence-corrected chi connectivity index (χ0v) is 16.4. The number of aromatic nitrogens is 3. The minimum absolute atomic E-state index is 0.153. The number of ether oxygens (including phenoxy) is 1. The van der Waals surface area contributed by atoms with Crippen LogP contribution in [0.5, 0.6) is 0 Å². The number of nitrogens with zero attached hydrogens (tertiary/aromatic N) is 4. The summed E-state index contributed by atoms with van der Waals surface area (Å²) in [6.45, 7) is 2.27. The second-order valence-corrected chi connectivity index (χ2v) is 7.30. The van der Waals surface area contributed by atoms with E-state index in [1.54, 1.807) is 21.1 Å². The van der Waals surface area contributed by atoms with Crippen molar-refractivity contribution in [2.75, 3.05) is 25.2 Å². The molecule has 0 saturated heterocycles. The number of methoxy groups -OCH3 is 1. The van der Waals surface area contributed by atoms with Gasteiger partial charge in [0.05, 0.1) is 28.9 Å². The Morgan fingerprint density at radius 3 is 2.89 bits per heavy atom. The summed E-state index contributed by atoms with van der Waals surface area (Å²) < 4.78 is 13.1. The van der Waals surface area contributed by atoms with Gasteiger partial charge in [-0.15, -0.1) is 0 Å². The Morgan fingerprint density at radius 1 is 1.36 bits per heavy atom. The van der Waals surface area contributed by atoms with Crippen LogP contribution in [-0.4, -0.2) is 40.7 Å². The molecule has 0 saturated carbocycles. The molecule has 0 unspecified atom stereocenters. The zero-order valence-electron chi connectivity index (χ0n) is 15.6. The van der Waals surface area contributed by atoms with Crippen LogP contribution in [0.1, 0.15) is 16.1 Å². The lowest BCUT2D eigenvalue weighted by Crippen LogP contribution is -2.35. The molecule has 0 N–H and O–H groups in total. The van der Waals surface area contributed by atoms with Crippen LogP contribution in [0.4, 0.5) is 5.13 Å². The Balaban J connectivity index is 1.86. The van der Waals surface area contributed by atoms with E-state index in [0.29, 0.717) is 24.0 Å². The number of fused-ring (bicyclic) bond motifs is 2. The molecule has 0 aliphatic rings. The highest BCUT2D eigenvalue weighted by atomic mass is 32.1. The molecule has 0 atom stereocenters. The number of benzene rings is 1. The lowest BCUT2D eigenvalue weighted by Gasteiger charge is -2.19. The van der Waals surface area contributed by atoms with Crippen LogP contribution >= 0.6 is 11.3 Å². The molecule has 0 bridgehead atoms. The van der Waals surface area contributed by atoms with Crippen LogP contribution in [0.3, 0.4) is 0 Å². The van der Waals surface area contributed by atoms with Crippen molar-refractivity contribution in [2.24, 2.45) is 7.05 Å². The highest BCUT2D eigenvalue weighted by molar-refractivity contribution is 7.22. The quantitative estimate of drug-likeness (QED) is 0.513. The summed E-state index contributed by atoms with van der Waals surface area (Å²) in [6.07, 6.45) is 1.37. The van der Waals surface area contributed by atoms with Gasteiger partial charge in [0.25, 0.3) is 11.5 Å². The Bertz CT molecular complexity index is 1210. The fourth-order valence-electron chi connectivity index (χ4n) is 3.02. The van der Waals surface area contributed by atoms with Crippen LogP contribution in [0, 0.1) is 6.92 Å². The molecule has 4 rings (SSSR count). The molecule has 9 heteroatoms. The van der Waals surface area contributed by atoms with Gasteiger partial charge in [0.15, 0.2) is 5.13 Å². The van der Waals surface area contributed by atoms with Crippen molar-refractivity contribution in [1.82, 2.24) is 14.5 Å². The highest BCUT2D eigenvalue weighted by Gasteiger charge is 2.29. The maximum atomic E-state index is 13.5. The van der Waals surface area contributed by atoms with E-state index < -0.39 is 0 Å². The van der Waals surface area contributed by atoms with Gasteiger partial charge in [-0.05, 0) is 19.1 Å². The van der Waals surface area contributed by atoms with Crippen molar-refractivity contribution < 1.29 is 13.9 Å². The molecule has 0 fully saturated rings. The summed E-state index contributed by atoms with van der Waals surface area (Å²) in [7, 11) is 3.15. The van der Waals surface area contributed by atoms with E-state index in [-0.39, 0.29) is 28.1 Å². The zero-order chi connectivity index (χ0) is 19.8. The van der Waals surface area contributed by atoms with Crippen molar-refractivity contribution >= 4 is 43.7 Å². The summed E-state index contributed by atoms with van der Waals surface area (Å²) in [5.74, 6) is -0.0169. The molecule has 4 aromatic rings. The highest BCUT2D eigenvalue weighted by Crippen LogP contribution is 2.31. The lowest BCUT2D eigenvalue weighted by atomic mass is 10.1. The Morgan fingerprint density at radius 2 is 2.14 bits per heavy atom. The summed E-state index contributed by atoms with van der Waals surface area (Å²) in [5.41, 5.74) is 0.837. The molecule has 1 aromatic carbocycles. The molecular formula is C19H18N4O4S. The molecule has 0 radical (unpaired) electrons. The SMILES string of the molecule is COCCN(C(=O)c1c(C)oc2ncn(C)c(=O)c12)c1nc2ccccc2s1. The molecule has 0 aliphatic heterocycles. The molecule has 144 valence electrons. The van der Waals surface area contributed by atoms with Crippen LogP contribution in [-0.2, 0) is 11.8 Å². The normalized spacial score (nSPS) is 11.4. The maximum Gasteiger partial charge on any atom is 0.265 e. The first-order chi connectivity index (χ1) is 13.5. The van der Waals surface area contributed by atoms with Crippen molar-refractivity contribution in [2.45, 2.75) is 6.92 Å². The van der Waals surface area contributed by atoms with E-state index in [2.05, 4.69) is 9.97 Å². The number of hydrogen-bond acceptors (Lipinski definition) is 7.